The summed E-state index contributed by atoms with van der Waals surface area (Å²) in [7, 11) is 0. The molecule has 2 heterocycles. The molecule has 25 heavy (non-hydrogen) atoms. The van der Waals surface area contributed by atoms with Crippen LogP contribution in [0.15, 0.2) is 36.0 Å². The van der Waals surface area contributed by atoms with Gasteiger partial charge in [-0.1, -0.05) is 32.4 Å². The van der Waals surface area contributed by atoms with Crippen LogP contribution in [0.2, 0.25) is 0 Å². The normalized spacial score (nSPS) is 12.1. The average Bonchev–Trinajstić information content (AvgIpc) is 3.06. The zero-order chi connectivity index (χ0) is 17.8. The number of nitrogens with one attached hydrogen (secondary N) is 2. The largest absolute Gasteiger partial charge is 0.383 e. The van der Waals surface area contributed by atoms with Gasteiger partial charge in [0.15, 0.2) is 0 Å². The smallest absolute Gasteiger partial charge is 0.319 e. The molecule has 1 unspecified atom stereocenters. The van der Waals surface area contributed by atoms with E-state index in [9.17, 15) is 4.79 Å². The van der Waals surface area contributed by atoms with Gasteiger partial charge in [-0.25, -0.2) is 14.8 Å². The molecule has 0 aliphatic carbocycles. The highest BCUT2D eigenvalue weighted by molar-refractivity contribution is 7.17. The van der Waals surface area contributed by atoms with Gasteiger partial charge in [0.1, 0.15) is 17.0 Å². The Kier molecular flexibility index (Phi) is 5.14. The van der Waals surface area contributed by atoms with Gasteiger partial charge in [-0.2, -0.15) is 0 Å². The zero-order valence-corrected chi connectivity index (χ0v) is 15.1. The summed E-state index contributed by atoms with van der Waals surface area (Å²) >= 11 is 1.54. The lowest BCUT2D eigenvalue weighted by Gasteiger charge is -2.11. The van der Waals surface area contributed by atoms with Crippen LogP contribution in [0, 0.1) is 5.92 Å². The van der Waals surface area contributed by atoms with Crippen molar-refractivity contribution in [3.63, 3.8) is 0 Å². The summed E-state index contributed by atoms with van der Waals surface area (Å²) in [5, 5.41) is 8.62. The number of aromatic nitrogens is 2. The van der Waals surface area contributed by atoms with Crippen molar-refractivity contribution in [3.8, 4) is 11.1 Å². The summed E-state index contributed by atoms with van der Waals surface area (Å²) in [6, 6.07) is 7.48. The highest BCUT2D eigenvalue weighted by Crippen LogP contribution is 2.35. The van der Waals surface area contributed by atoms with E-state index in [1.54, 1.807) is 0 Å². The van der Waals surface area contributed by atoms with E-state index in [1.807, 2.05) is 29.6 Å². The van der Waals surface area contributed by atoms with Gasteiger partial charge in [0.05, 0.1) is 5.39 Å². The number of hydrogen-bond donors (Lipinski definition) is 3. The highest BCUT2D eigenvalue weighted by atomic mass is 32.1. The van der Waals surface area contributed by atoms with Crippen LogP contribution in [-0.2, 0) is 0 Å². The van der Waals surface area contributed by atoms with Crippen molar-refractivity contribution < 1.29 is 4.79 Å². The number of rotatable bonds is 5. The number of nitrogens with two attached hydrogens (primary N) is 1. The number of benzene rings is 1. The SMILES string of the molecule is CCC(C)CNC(=O)Nc1ccc(-c2csc3ncnc(N)c23)cc1. The molecule has 6 nitrogen and oxygen atoms in total. The number of carbonyl (C=O) groups is 1. The second kappa shape index (κ2) is 7.48. The monoisotopic (exact) mass is 355 g/mol. The minimum Gasteiger partial charge on any atom is -0.383 e. The van der Waals surface area contributed by atoms with Crippen molar-refractivity contribution >= 4 is 39.1 Å². The lowest BCUT2D eigenvalue weighted by atomic mass is 10.1. The van der Waals surface area contributed by atoms with E-state index in [0.717, 1.165) is 33.5 Å². The Labute approximate surface area is 150 Å². The first-order chi connectivity index (χ1) is 12.1. The number of nitrogens with zero attached hydrogens (tertiary/aromatic N) is 2. The first kappa shape index (κ1) is 17.2. The van der Waals surface area contributed by atoms with E-state index in [0.29, 0.717) is 18.3 Å². The fraction of sp³-hybridized carbons (Fsp3) is 0.278. The van der Waals surface area contributed by atoms with Crippen LogP contribution in [0.1, 0.15) is 20.3 Å². The van der Waals surface area contributed by atoms with Crippen molar-refractivity contribution in [3.05, 3.63) is 36.0 Å². The molecule has 7 heteroatoms. The Balaban J connectivity index is 1.73. The summed E-state index contributed by atoms with van der Waals surface area (Å²) in [6.45, 7) is 4.88. The van der Waals surface area contributed by atoms with Crippen molar-refractivity contribution in [2.75, 3.05) is 17.6 Å². The van der Waals surface area contributed by atoms with E-state index >= 15 is 0 Å². The molecule has 2 aromatic heterocycles. The third kappa shape index (κ3) is 3.88. The fourth-order valence-corrected chi connectivity index (χ4v) is 3.35. The van der Waals surface area contributed by atoms with Crippen LogP contribution >= 0.6 is 11.3 Å². The third-order valence-electron chi connectivity index (χ3n) is 4.16. The van der Waals surface area contributed by atoms with Crippen molar-refractivity contribution in [1.29, 1.82) is 0 Å². The average molecular weight is 355 g/mol. The number of thiophene rings is 1. The summed E-state index contributed by atoms with van der Waals surface area (Å²) < 4.78 is 0. The van der Waals surface area contributed by atoms with Gasteiger partial charge < -0.3 is 16.4 Å². The maximum Gasteiger partial charge on any atom is 0.319 e. The molecular weight excluding hydrogens is 334 g/mol. The molecule has 0 spiro atoms. The van der Waals surface area contributed by atoms with Gasteiger partial charge in [0.2, 0.25) is 0 Å². The summed E-state index contributed by atoms with van der Waals surface area (Å²) in [6.07, 6.45) is 2.51. The van der Waals surface area contributed by atoms with Gasteiger partial charge in [-0.3, -0.25) is 0 Å². The molecule has 0 aliphatic rings. The standard InChI is InChI=1S/C18H21N5OS/c1-3-11(2)8-20-18(24)23-13-6-4-12(5-7-13)14-9-25-17-15(14)16(19)21-10-22-17/h4-7,9-11H,3,8H2,1-2H3,(H2,19,21,22)(H2,20,23,24). The van der Waals surface area contributed by atoms with Gasteiger partial charge in [0.25, 0.3) is 0 Å². The van der Waals surface area contributed by atoms with E-state index in [2.05, 4.69) is 34.4 Å². The molecular formula is C18H21N5OS. The lowest BCUT2D eigenvalue weighted by molar-refractivity contribution is 0.250. The molecule has 1 atom stereocenters. The third-order valence-corrected chi connectivity index (χ3v) is 5.05. The minimum absolute atomic E-state index is 0.188. The number of carbonyl (C=O) groups excluding carboxylic acids is 1. The zero-order valence-electron chi connectivity index (χ0n) is 14.2. The summed E-state index contributed by atoms with van der Waals surface area (Å²) in [5.41, 5.74) is 8.76. The predicted molar refractivity (Wildman–Crippen MR) is 104 cm³/mol. The molecule has 130 valence electrons. The van der Waals surface area contributed by atoms with Crippen LogP contribution in [0.25, 0.3) is 21.3 Å². The fourth-order valence-electron chi connectivity index (χ4n) is 2.43. The predicted octanol–water partition coefficient (Wildman–Crippen LogP) is 4.11. The van der Waals surface area contributed by atoms with Crippen LogP contribution in [0.4, 0.5) is 16.3 Å². The molecule has 0 saturated heterocycles. The Morgan fingerprint density at radius 1 is 1.28 bits per heavy atom. The number of hydrogen-bond acceptors (Lipinski definition) is 5. The van der Waals surface area contributed by atoms with Gasteiger partial charge in [-0.05, 0) is 23.6 Å². The molecule has 2 amide bonds. The lowest BCUT2D eigenvalue weighted by Crippen LogP contribution is -2.32. The number of amides is 2. The number of nitrogen functional groups attached to an aromatic ring is 1. The molecule has 0 aliphatic heterocycles. The number of anilines is 2. The van der Waals surface area contributed by atoms with E-state index in [1.165, 1.54) is 17.7 Å². The van der Waals surface area contributed by atoms with Gasteiger partial charge in [-0.15, -0.1) is 11.3 Å². The Morgan fingerprint density at radius 3 is 2.76 bits per heavy atom. The van der Waals surface area contributed by atoms with Crippen molar-refractivity contribution in [2.24, 2.45) is 5.92 Å². The van der Waals surface area contributed by atoms with Crippen LogP contribution in [0.3, 0.4) is 0 Å². The van der Waals surface area contributed by atoms with E-state index in [4.69, 9.17) is 5.73 Å². The van der Waals surface area contributed by atoms with Crippen LogP contribution < -0.4 is 16.4 Å². The molecule has 3 rings (SSSR count). The topological polar surface area (TPSA) is 92.9 Å². The van der Waals surface area contributed by atoms with E-state index < -0.39 is 0 Å². The molecule has 4 N–H and O–H groups in total. The molecule has 3 aromatic rings. The van der Waals surface area contributed by atoms with E-state index in [-0.39, 0.29) is 6.03 Å². The number of fused-ring (bicyclic) bond motifs is 1. The maximum absolute atomic E-state index is 11.9. The molecule has 0 saturated carbocycles. The quantitative estimate of drug-likeness (QED) is 0.642. The second-order valence-corrected chi connectivity index (χ2v) is 6.87. The highest BCUT2D eigenvalue weighted by Gasteiger charge is 2.11. The van der Waals surface area contributed by atoms with Crippen LogP contribution in [0.5, 0.6) is 0 Å². The molecule has 0 fully saturated rings. The first-order valence-electron chi connectivity index (χ1n) is 8.21. The van der Waals surface area contributed by atoms with Gasteiger partial charge in [0, 0.05) is 23.2 Å². The Morgan fingerprint density at radius 2 is 2.04 bits per heavy atom. The Hall–Kier alpha value is -2.67. The second-order valence-electron chi connectivity index (χ2n) is 6.01. The molecule has 0 bridgehead atoms. The van der Waals surface area contributed by atoms with Gasteiger partial charge >= 0.3 is 6.03 Å². The first-order valence-corrected chi connectivity index (χ1v) is 9.09. The maximum atomic E-state index is 11.9. The summed E-state index contributed by atoms with van der Waals surface area (Å²) in [5.74, 6) is 0.945. The van der Waals surface area contributed by atoms with Crippen molar-refractivity contribution in [2.45, 2.75) is 20.3 Å². The minimum atomic E-state index is -0.188. The molecule has 0 radical (unpaired) electrons. The number of urea groups is 1. The van der Waals surface area contributed by atoms with Crippen molar-refractivity contribution in [1.82, 2.24) is 15.3 Å². The molecule has 1 aromatic carbocycles. The Bertz CT molecular complexity index is 875. The van der Waals surface area contributed by atoms with Crippen LogP contribution in [-0.4, -0.2) is 22.5 Å². The summed E-state index contributed by atoms with van der Waals surface area (Å²) in [4.78, 5) is 21.1.